The minimum atomic E-state index is -0.696. The third kappa shape index (κ3) is 7.09. The quantitative estimate of drug-likeness (QED) is 0.512. The molecule has 5 heteroatoms. The lowest BCUT2D eigenvalue weighted by molar-refractivity contribution is -0.146. The summed E-state index contributed by atoms with van der Waals surface area (Å²) in [6.45, 7) is 6.34. The number of esters is 1. The molecule has 1 unspecified atom stereocenters. The van der Waals surface area contributed by atoms with E-state index in [0.717, 1.165) is 12.8 Å². The summed E-state index contributed by atoms with van der Waals surface area (Å²) in [4.78, 5) is 22.3. The van der Waals surface area contributed by atoms with E-state index in [1.165, 1.54) is 0 Å². The van der Waals surface area contributed by atoms with Crippen molar-refractivity contribution in [3.8, 4) is 0 Å². The molecule has 0 spiro atoms. The van der Waals surface area contributed by atoms with Crippen LogP contribution in [0.5, 0.6) is 0 Å². The summed E-state index contributed by atoms with van der Waals surface area (Å²) in [7, 11) is 0. The van der Waals surface area contributed by atoms with Crippen LogP contribution in [0.3, 0.4) is 0 Å². The Kier molecular flexibility index (Phi) is 7.33. The zero-order chi connectivity index (χ0) is 12.6. The van der Waals surface area contributed by atoms with Crippen LogP contribution in [0.15, 0.2) is 0 Å². The largest absolute Gasteiger partial charge is 0.464 e. The van der Waals surface area contributed by atoms with Gasteiger partial charge in [0.2, 0.25) is 0 Å². The van der Waals surface area contributed by atoms with Gasteiger partial charge in [0.05, 0.1) is 6.61 Å². The third-order valence-corrected chi connectivity index (χ3v) is 2.05. The summed E-state index contributed by atoms with van der Waals surface area (Å²) < 4.78 is 5.04. The van der Waals surface area contributed by atoms with Crippen LogP contribution in [-0.2, 0) is 9.53 Å². The van der Waals surface area contributed by atoms with E-state index in [2.05, 4.69) is 5.32 Å². The summed E-state index contributed by atoms with van der Waals surface area (Å²) in [5.74, 6) is -0.114. The monoisotopic (exact) mass is 230 g/mol. The van der Waals surface area contributed by atoms with Gasteiger partial charge in [-0.05, 0) is 18.8 Å². The van der Waals surface area contributed by atoms with Gasteiger partial charge >= 0.3 is 12.0 Å². The molecule has 0 aromatic carbocycles. The Morgan fingerprint density at radius 2 is 2.00 bits per heavy atom. The van der Waals surface area contributed by atoms with Gasteiger partial charge in [0.15, 0.2) is 0 Å². The minimum absolute atomic E-state index is 0.288. The number of carbonyl (C=O) groups is 2. The molecule has 0 aliphatic carbocycles. The zero-order valence-electron chi connectivity index (χ0n) is 10.3. The Morgan fingerprint density at radius 1 is 1.38 bits per heavy atom. The molecule has 5 nitrogen and oxygen atoms in total. The number of hydrogen-bond donors (Lipinski definition) is 2. The van der Waals surface area contributed by atoms with Crippen LogP contribution in [0.1, 0.15) is 40.0 Å². The third-order valence-electron chi connectivity index (χ3n) is 2.05. The number of amides is 2. The standard InChI is InChI=1S/C11H22N2O3/c1-4-5-6-16-10(14)9(7-8(2)3)13-11(12)15/h8-9H,4-7H2,1-3H3,(H3,12,13,15). The lowest BCUT2D eigenvalue weighted by Crippen LogP contribution is -2.45. The molecule has 0 rings (SSSR count). The molecule has 0 radical (unpaired) electrons. The van der Waals surface area contributed by atoms with Crippen LogP contribution in [0, 0.1) is 5.92 Å². The molecule has 1 atom stereocenters. The highest BCUT2D eigenvalue weighted by molar-refractivity contribution is 5.82. The van der Waals surface area contributed by atoms with Crippen molar-refractivity contribution in [1.82, 2.24) is 5.32 Å². The number of rotatable bonds is 7. The van der Waals surface area contributed by atoms with Crippen molar-refractivity contribution in [2.45, 2.75) is 46.1 Å². The number of nitrogens with one attached hydrogen (secondary N) is 1. The fourth-order valence-electron chi connectivity index (χ4n) is 1.27. The Hall–Kier alpha value is -1.26. The van der Waals surface area contributed by atoms with Crippen LogP contribution >= 0.6 is 0 Å². The van der Waals surface area contributed by atoms with E-state index in [9.17, 15) is 9.59 Å². The SMILES string of the molecule is CCCCOC(=O)C(CC(C)C)NC(N)=O. The molecular formula is C11H22N2O3. The molecule has 0 bridgehead atoms. The Balaban J connectivity index is 4.15. The highest BCUT2D eigenvalue weighted by Gasteiger charge is 2.22. The Labute approximate surface area is 96.7 Å². The van der Waals surface area contributed by atoms with Gasteiger partial charge in [-0.2, -0.15) is 0 Å². The van der Waals surface area contributed by atoms with Gasteiger partial charge in [0.25, 0.3) is 0 Å². The molecule has 0 fully saturated rings. The maximum Gasteiger partial charge on any atom is 0.328 e. The number of ether oxygens (including phenoxy) is 1. The lowest BCUT2D eigenvalue weighted by Gasteiger charge is -2.18. The molecule has 16 heavy (non-hydrogen) atoms. The highest BCUT2D eigenvalue weighted by atomic mass is 16.5. The van der Waals surface area contributed by atoms with Gasteiger partial charge in [0, 0.05) is 0 Å². The van der Waals surface area contributed by atoms with Gasteiger partial charge in [0.1, 0.15) is 6.04 Å². The van der Waals surface area contributed by atoms with Crippen LogP contribution < -0.4 is 11.1 Å². The van der Waals surface area contributed by atoms with Crippen LogP contribution in [0.2, 0.25) is 0 Å². The van der Waals surface area contributed by atoms with Crippen molar-refractivity contribution in [3.05, 3.63) is 0 Å². The summed E-state index contributed by atoms with van der Waals surface area (Å²) in [6, 6.07) is -1.33. The van der Waals surface area contributed by atoms with Crippen LogP contribution in [-0.4, -0.2) is 24.6 Å². The van der Waals surface area contributed by atoms with Crippen molar-refractivity contribution in [1.29, 1.82) is 0 Å². The van der Waals surface area contributed by atoms with E-state index < -0.39 is 18.0 Å². The molecule has 0 heterocycles. The van der Waals surface area contributed by atoms with Crippen molar-refractivity contribution < 1.29 is 14.3 Å². The highest BCUT2D eigenvalue weighted by Crippen LogP contribution is 2.06. The zero-order valence-corrected chi connectivity index (χ0v) is 10.3. The van der Waals surface area contributed by atoms with E-state index in [-0.39, 0.29) is 5.92 Å². The first-order valence-electron chi connectivity index (χ1n) is 5.70. The topological polar surface area (TPSA) is 81.4 Å². The van der Waals surface area contributed by atoms with Gasteiger partial charge in [-0.1, -0.05) is 27.2 Å². The van der Waals surface area contributed by atoms with Crippen molar-refractivity contribution in [2.75, 3.05) is 6.61 Å². The average Bonchev–Trinajstić information content (AvgIpc) is 2.15. The van der Waals surface area contributed by atoms with Crippen molar-refractivity contribution >= 4 is 12.0 Å². The molecule has 3 N–H and O–H groups in total. The predicted molar refractivity (Wildman–Crippen MR) is 61.8 cm³/mol. The number of hydrogen-bond acceptors (Lipinski definition) is 3. The second kappa shape index (κ2) is 7.96. The summed E-state index contributed by atoms with van der Waals surface area (Å²) in [6.07, 6.45) is 2.33. The fraction of sp³-hybridized carbons (Fsp3) is 0.818. The van der Waals surface area contributed by atoms with Crippen molar-refractivity contribution in [2.24, 2.45) is 11.7 Å². The van der Waals surface area contributed by atoms with E-state index in [4.69, 9.17) is 10.5 Å². The second-order valence-corrected chi connectivity index (χ2v) is 4.21. The van der Waals surface area contributed by atoms with E-state index in [1.54, 1.807) is 0 Å². The number of urea groups is 1. The number of unbranched alkanes of at least 4 members (excludes halogenated alkanes) is 1. The maximum atomic E-state index is 11.6. The summed E-state index contributed by atoms with van der Waals surface area (Å²) in [5.41, 5.74) is 5.00. The normalized spacial score (nSPS) is 12.2. The number of carbonyl (C=O) groups excluding carboxylic acids is 2. The first-order valence-corrected chi connectivity index (χ1v) is 5.70. The molecule has 0 aromatic rings. The summed E-state index contributed by atoms with van der Waals surface area (Å²) in [5, 5.41) is 2.40. The molecule has 0 aliphatic heterocycles. The Morgan fingerprint density at radius 3 is 2.44 bits per heavy atom. The second-order valence-electron chi connectivity index (χ2n) is 4.21. The van der Waals surface area contributed by atoms with E-state index >= 15 is 0 Å². The van der Waals surface area contributed by atoms with Crippen molar-refractivity contribution in [3.63, 3.8) is 0 Å². The Bertz CT molecular complexity index is 229. The first-order chi connectivity index (χ1) is 7.47. The van der Waals surface area contributed by atoms with Gasteiger partial charge < -0.3 is 15.8 Å². The van der Waals surface area contributed by atoms with Gasteiger partial charge in [-0.25, -0.2) is 9.59 Å². The van der Waals surface area contributed by atoms with Gasteiger partial charge in [-0.3, -0.25) is 0 Å². The molecule has 0 saturated heterocycles. The van der Waals surface area contributed by atoms with Crippen LogP contribution in [0.4, 0.5) is 4.79 Å². The maximum absolute atomic E-state index is 11.6. The van der Waals surface area contributed by atoms with E-state index in [0.29, 0.717) is 13.0 Å². The molecule has 0 aromatic heterocycles. The molecule has 94 valence electrons. The number of primary amides is 1. The average molecular weight is 230 g/mol. The minimum Gasteiger partial charge on any atom is -0.464 e. The predicted octanol–water partition coefficient (Wildman–Crippen LogP) is 1.41. The van der Waals surface area contributed by atoms with E-state index in [1.807, 2.05) is 20.8 Å². The molecular weight excluding hydrogens is 208 g/mol. The number of nitrogens with two attached hydrogens (primary N) is 1. The summed E-state index contributed by atoms with van der Waals surface area (Å²) >= 11 is 0. The molecule has 0 saturated carbocycles. The van der Waals surface area contributed by atoms with Gasteiger partial charge in [-0.15, -0.1) is 0 Å². The molecule has 2 amide bonds. The smallest absolute Gasteiger partial charge is 0.328 e. The van der Waals surface area contributed by atoms with Crippen LogP contribution in [0.25, 0.3) is 0 Å². The first kappa shape index (κ1) is 14.7. The molecule has 0 aliphatic rings. The lowest BCUT2D eigenvalue weighted by atomic mass is 10.0. The fourth-order valence-corrected chi connectivity index (χ4v) is 1.27.